The van der Waals surface area contributed by atoms with Gasteiger partial charge < -0.3 is 15.2 Å². The first-order valence-corrected chi connectivity index (χ1v) is 6.26. The molecule has 8 heteroatoms. The lowest BCUT2D eigenvalue weighted by molar-refractivity contribution is 0.154. The van der Waals surface area contributed by atoms with Crippen LogP contribution < -0.4 is 16.4 Å². The number of hydrogen-bond acceptors (Lipinski definition) is 6. The molecule has 110 valence electrons. The quantitative estimate of drug-likeness (QED) is 0.372. The lowest BCUT2D eigenvalue weighted by atomic mass is 10.3. The van der Waals surface area contributed by atoms with Crippen LogP contribution in [0, 0.1) is 0 Å². The maximum atomic E-state index is 11.3. The van der Waals surface area contributed by atoms with Crippen molar-refractivity contribution in [1.29, 1.82) is 0 Å². The van der Waals surface area contributed by atoms with Crippen molar-refractivity contribution >= 4 is 18.1 Å². The summed E-state index contributed by atoms with van der Waals surface area (Å²) in [6.45, 7) is 4.82. The standard InChI is InChI=1S/C11H22N4O4/c1-3-18-10(16)14-9(13-8-6-5-7-12)15-11(17)19-4-2/h3-8,12H2,1-2H3,(H2,13,14,15,16,17). The van der Waals surface area contributed by atoms with E-state index >= 15 is 0 Å². The number of rotatable bonds is 6. The summed E-state index contributed by atoms with van der Waals surface area (Å²) in [7, 11) is 0. The normalized spacial score (nSPS) is 9.42. The predicted molar refractivity (Wildman–Crippen MR) is 70.9 cm³/mol. The molecule has 2 amide bonds. The molecule has 0 aromatic carbocycles. The second-order valence-electron chi connectivity index (χ2n) is 3.42. The van der Waals surface area contributed by atoms with Gasteiger partial charge in [0, 0.05) is 6.54 Å². The molecule has 0 aliphatic rings. The number of carbonyl (C=O) groups excluding carboxylic acids is 2. The second-order valence-corrected chi connectivity index (χ2v) is 3.42. The van der Waals surface area contributed by atoms with E-state index in [0.717, 1.165) is 12.8 Å². The molecule has 0 bridgehead atoms. The molecule has 19 heavy (non-hydrogen) atoms. The molecule has 0 radical (unpaired) electrons. The van der Waals surface area contributed by atoms with Gasteiger partial charge in [-0.15, -0.1) is 0 Å². The summed E-state index contributed by atoms with van der Waals surface area (Å²) in [5.41, 5.74) is 5.36. The van der Waals surface area contributed by atoms with Crippen molar-refractivity contribution in [1.82, 2.24) is 10.6 Å². The Bertz CT molecular complexity index is 285. The van der Waals surface area contributed by atoms with E-state index in [2.05, 4.69) is 15.6 Å². The minimum Gasteiger partial charge on any atom is -0.450 e. The average molecular weight is 274 g/mol. The first-order chi connectivity index (χ1) is 9.13. The van der Waals surface area contributed by atoms with Crippen molar-refractivity contribution in [2.45, 2.75) is 26.7 Å². The van der Waals surface area contributed by atoms with E-state index in [4.69, 9.17) is 15.2 Å². The predicted octanol–water partition coefficient (Wildman–Crippen LogP) is 0.573. The highest BCUT2D eigenvalue weighted by Gasteiger charge is 2.10. The van der Waals surface area contributed by atoms with Gasteiger partial charge in [-0.3, -0.25) is 15.6 Å². The van der Waals surface area contributed by atoms with E-state index in [1.54, 1.807) is 13.8 Å². The maximum Gasteiger partial charge on any atom is 0.413 e. The van der Waals surface area contributed by atoms with E-state index in [1.807, 2.05) is 0 Å². The number of hydrogen-bond donors (Lipinski definition) is 3. The molecule has 0 rings (SSSR count). The van der Waals surface area contributed by atoms with Gasteiger partial charge in [-0.2, -0.15) is 0 Å². The van der Waals surface area contributed by atoms with Gasteiger partial charge in [0.1, 0.15) is 0 Å². The topological polar surface area (TPSA) is 115 Å². The van der Waals surface area contributed by atoms with Gasteiger partial charge in [-0.05, 0) is 33.2 Å². The Kier molecular flexibility index (Phi) is 10.2. The number of nitrogens with two attached hydrogens (primary N) is 1. The zero-order valence-corrected chi connectivity index (χ0v) is 11.4. The zero-order chi connectivity index (χ0) is 14.5. The molecular formula is C11H22N4O4. The van der Waals surface area contributed by atoms with E-state index in [1.165, 1.54) is 0 Å². The van der Waals surface area contributed by atoms with Crippen molar-refractivity contribution in [3.63, 3.8) is 0 Å². The Morgan fingerprint density at radius 2 is 1.58 bits per heavy atom. The first-order valence-electron chi connectivity index (χ1n) is 6.26. The summed E-state index contributed by atoms with van der Waals surface area (Å²) in [6.07, 6.45) is 0.207. The number of unbranched alkanes of at least 4 members (excludes halogenated alkanes) is 1. The van der Waals surface area contributed by atoms with Crippen LogP contribution in [0.4, 0.5) is 9.59 Å². The summed E-state index contributed by atoms with van der Waals surface area (Å²) in [5, 5.41) is 4.66. The molecule has 8 nitrogen and oxygen atoms in total. The fourth-order valence-electron chi connectivity index (χ4n) is 1.09. The van der Waals surface area contributed by atoms with Gasteiger partial charge in [-0.25, -0.2) is 9.59 Å². The Hall–Kier alpha value is -1.83. The van der Waals surface area contributed by atoms with Gasteiger partial charge in [0.25, 0.3) is 0 Å². The number of ether oxygens (including phenoxy) is 2. The molecule has 0 atom stereocenters. The second kappa shape index (κ2) is 11.3. The molecule has 0 aromatic rings. The molecule has 0 aliphatic heterocycles. The number of aliphatic imine (C=N–C) groups is 1. The van der Waals surface area contributed by atoms with Crippen LogP contribution >= 0.6 is 0 Å². The van der Waals surface area contributed by atoms with Gasteiger partial charge in [0.05, 0.1) is 13.2 Å². The Morgan fingerprint density at radius 3 is 2.00 bits per heavy atom. The van der Waals surface area contributed by atoms with Crippen LogP contribution in [0.3, 0.4) is 0 Å². The van der Waals surface area contributed by atoms with Crippen LogP contribution in [0.5, 0.6) is 0 Å². The molecule has 0 spiro atoms. The highest BCUT2D eigenvalue weighted by molar-refractivity contribution is 6.01. The maximum absolute atomic E-state index is 11.3. The third-order valence-corrected chi connectivity index (χ3v) is 1.87. The smallest absolute Gasteiger partial charge is 0.413 e. The number of alkyl carbamates (subject to hydrolysis) is 2. The monoisotopic (exact) mass is 274 g/mol. The third kappa shape index (κ3) is 9.83. The van der Waals surface area contributed by atoms with E-state index < -0.39 is 12.2 Å². The molecule has 0 saturated heterocycles. The number of carbonyl (C=O) groups is 2. The third-order valence-electron chi connectivity index (χ3n) is 1.87. The molecule has 0 saturated carbocycles. The summed E-state index contributed by atoms with van der Waals surface area (Å²) in [5.74, 6) is 0.00826. The molecule has 0 fully saturated rings. The first kappa shape index (κ1) is 17.2. The van der Waals surface area contributed by atoms with Crippen LogP contribution in [0.2, 0.25) is 0 Å². The van der Waals surface area contributed by atoms with Crippen LogP contribution in [0.1, 0.15) is 26.7 Å². The van der Waals surface area contributed by atoms with Crippen LogP contribution in [-0.2, 0) is 9.47 Å². The molecule has 0 heterocycles. The average Bonchev–Trinajstić information content (AvgIpc) is 2.35. The minimum absolute atomic E-state index is 0.00826. The summed E-state index contributed by atoms with van der Waals surface area (Å²) in [4.78, 5) is 26.6. The molecule has 0 aliphatic carbocycles. The van der Waals surface area contributed by atoms with E-state index in [9.17, 15) is 9.59 Å². The molecule has 0 aromatic heterocycles. The van der Waals surface area contributed by atoms with E-state index in [0.29, 0.717) is 13.1 Å². The largest absolute Gasteiger partial charge is 0.450 e. The number of nitrogens with zero attached hydrogens (tertiary/aromatic N) is 1. The summed E-state index contributed by atoms with van der Waals surface area (Å²) < 4.78 is 9.40. The Balaban J connectivity index is 4.36. The van der Waals surface area contributed by atoms with Crippen molar-refractivity contribution in [3.05, 3.63) is 0 Å². The lowest BCUT2D eigenvalue weighted by Crippen LogP contribution is -2.44. The minimum atomic E-state index is -0.683. The summed E-state index contributed by atoms with van der Waals surface area (Å²) >= 11 is 0. The van der Waals surface area contributed by atoms with Gasteiger partial charge in [-0.1, -0.05) is 0 Å². The van der Waals surface area contributed by atoms with Crippen LogP contribution in [-0.4, -0.2) is 44.4 Å². The molecule has 0 unspecified atom stereocenters. The Morgan fingerprint density at radius 1 is 1.05 bits per heavy atom. The van der Waals surface area contributed by atoms with Crippen molar-refractivity contribution in [3.8, 4) is 0 Å². The lowest BCUT2D eigenvalue weighted by Gasteiger charge is -2.10. The van der Waals surface area contributed by atoms with E-state index in [-0.39, 0.29) is 19.2 Å². The van der Waals surface area contributed by atoms with Crippen LogP contribution in [0.15, 0.2) is 4.99 Å². The number of guanidine groups is 1. The van der Waals surface area contributed by atoms with Crippen molar-refractivity contribution < 1.29 is 19.1 Å². The fraction of sp³-hybridized carbons (Fsp3) is 0.727. The Labute approximate surface area is 112 Å². The van der Waals surface area contributed by atoms with Gasteiger partial charge in [0.15, 0.2) is 0 Å². The highest BCUT2D eigenvalue weighted by Crippen LogP contribution is 1.88. The summed E-state index contributed by atoms with van der Waals surface area (Å²) in [6, 6.07) is 0. The van der Waals surface area contributed by atoms with Crippen molar-refractivity contribution in [2.24, 2.45) is 10.7 Å². The SMILES string of the molecule is CCOC(=O)NC(=NCCCCN)NC(=O)OCC. The van der Waals surface area contributed by atoms with Gasteiger partial charge in [0.2, 0.25) is 5.96 Å². The highest BCUT2D eigenvalue weighted by atomic mass is 16.6. The molecule has 4 N–H and O–H groups in total. The number of amides is 2. The van der Waals surface area contributed by atoms with Gasteiger partial charge >= 0.3 is 12.2 Å². The molecular weight excluding hydrogens is 252 g/mol. The number of nitrogens with one attached hydrogen (secondary N) is 2. The van der Waals surface area contributed by atoms with Crippen molar-refractivity contribution in [2.75, 3.05) is 26.3 Å². The van der Waals surface area contributed by atoms with Crippen LogP contribution in [0.25, 0.3) is 0 Å². The zero-order valence-electron chi connectivity index (χ0n) is 11.4. The fourth-order valence-corrected chi connectivity index (χ4v) is 1.09.